The lowest BCUT2D eigenvalue weighted by atomic mass is 10.1. The lowest BCUT2D eigenvalue weighted by Crippen LogP contribution is -2.42. The average molecular weight is 189 g/mol. The van der Waals surface area contributed by atoms with Crippen molar-refractivity contribution in [2.24, 2.45) is 5.92 Å². The molecule has 0 saturated heterocycles. The fourth-order valence-electron chi connectivity index (χ4n) is 1.71. The van der Waals surface area contributed by atoms with Crippen molar-refractivity contribution in [3.63, 3.8) is 0 Å². The van der Waals surface area contributed by atoms with Crippen LogP contribution in [-0.2, 0) is 4.79 Å². The van der Waals surface area contributed by atoms with Gasteiger partial charge in [0.2, 0.25) is 5.91 Å². The standard InChI is InChI=1S/C8H15NO4/c1-4(11)9-6-2-5(3-10)7(12)8(6)13/h5-8,10,12-13H,2-3H2,1H3,(H,9,11)/t5-,6+,7-,8-/m1/s1. The minimum absolute atomic E-state index is 0.172. The van der Waals surface area contributed by atoms with E-state index in [1.807, 2.05) is 0 Å². The van der Waals surface area contributed by atoms with Crippen molar-refractivity contribution < 1.29 is 20.1 Å². The van der Waals surface area contributed by atoms with Crippen LogP contribution in [0, 0.1) is 5.92 Å². The van der Waals surface area contributed by atoms with E-state index in [0.717, 1.165) is 0 Å². The number of carbonyl (C=O) groups excluding carboxylic acids is 1. The molecule has 76 valence electrons. The van der Waals surface area contributed by atoms with Gasteiger partial charge in [-0.1, -0.05) is 0 Å². The van der Waals surface area contributed by atoms with Crippen molar-refractivity contribution in [1.82, 2.24) is 5.32 Å². The molecular formula is C8H15NO4. The molecule has 4 atom stereocenters. The maximum atomic E-state index is 10.7. The lowest BCUT2D eigenvalue weighted by molar-refractivity contribution is -0.120. The lowest BCUT2D eigenvalue weighted by Gasteiger charge is -2.16. The summed E-state index contributed by atoms with van der Waals surface area (Å²) in [6, 6.07) is -0.440. The molecule has 0 aromatic rings. The smallest absolute Gasteiger partial charge is 0.217 e. The molecule has 0 aromatic carbocycles. The Morgan fingerprint density at radius 1 is 1.46 bits per heavy atom. The van der Waals surface area contributed by atoms with Gasteiger partial charge in [0.05, 0.1) is 12.1 Å². The number of aliphatic hydroxyl groups excluding tert-OH is 3. The first-order chi connectivity index (χ1) is 6.06. The quantitative estimate of drug-likeness (QED) is 0.413. The van der Waals surface area contributed by atoms with Gasteiger partial charge in [-0.3, -0.25) is 4.79 Å². The van der Waals surface area contributed by atoms with Gasteiger partial charge in [0.25, 0.3) is 0 Å². The van der Waals surface area contributed by atoms with Gasteiger partial charge in [0.15, 0.2) is 0 Å². The second kappa shape index (κ2) is 4.04. The first-order valence-electron chi connectivity index (χ1n) is 4.30. The van der Waals surface area contributed by atoms with Crippen LogP contribution in [0.3, 0.4) is 0 Å². The van der Waals surface area contributed by atoms with Gasteiger partial charge in [-0.2, -0.15) is 0 Å². The summed E-state index contributed by atoms with van der Waals surface area (Å²) in [5.41, 5.74) is 0. The largest absolute Gasteiger partial charge is 0.396 e. The van der Waals surface area contributed by atoms with Crippen LogP contribution in [0.5, 0.6) is 0 Å². The molecule has 4 N–H and O–H groups in total. The summed E-state index contributed by atoms with van der Waals surface area (Å²) in [5, 5.41) is 30.2. The van der Waals surface area contributed by atoms with E-state index in [1.54, 1.807) is 0 Å². The average Bonchev–Trinajstić information content (AvgIpc) is 2.32. The van der Waals surface area contributed by atoms with Gasteiger partial charge in [0, 0.05) is 19.4 Å². The fraction of sp³-hybridized carbons (Fsp3) is 0.875. The number of amides is 1. The van der Waals surface area contributed by atoms with E-state index in [0.29, 0.717) is 6.42 Å². The van der Waals surface area contributed by atoms with Gasteiger partial charge < -0.3 is 20.6 Å². The zero-order valence-corrected chi connectivity index (χ0v) is 7.47. The topological polar surface area (TPSA) is 89.8 Å². The third kappa shape index (κ3) is 2.18. The molecule has 1 amide bonds. The Kier molecular flexibility index (Phi) is 3.24. The van der Waals surface area contributed by atoms with E-state index in [4.69, 9.17) is 5.11 Å². The third-order valence-corrected chi connectivity index (χ3v) is 2.42. The molecule has 0 spiro atoms. The van der Waals surface area contributed by atoms with E-state index in [1.165, 1.54) is 6.92 Å². The Balaban J connectivity index is 2.55. The highest BCUT2D eigenvalue weighted by atomic mass is 16.3. The highest BCUT2D eigenvalue weighted by Crippen LogP contribution is 2.26. The van der Waals surface area contributed by atoms with Gasteiger partial charge in [0.1, 0.15) is 6.10 Å². The van der Waals surface area contributed by atoms with Crippen LogP contribution in [0.15, 0.2) is 0 Å². The van der Waals surface area contributed by atoms with Gasteiger partial charge in [-0.25, -0.2) is 0 Å². The minimum Gasteiger partial charge on any atom is -0.396 e. The van der Waals surface area contributed by atoms with Crippen LogP contribution in [0.1, 0.15) is 13.3 Å². The zero-order valence-electron chi connectivity index (χ0n) is 7.47. The second-order valence-corrected chi connectivity index (χ2v) is 3.47. The highest BCUT2D eigenvalue weighted by molar-refractivity contribution is 5.73. The summed E-state index contributed by atoms with van der Waals surface area (Å²) >= 11 is 0. The molecule has 1 rings (SSSR count). The van der Waals surface area contributed by atoms with Crippen molar-refractivity contribution in [3.8, 4) is 0 Å². The van der Waals surface area contributed by atoms with Crippen LogP contribution < -0.4 is 5.32 Å². The van der Waals surface area contributed by atoms with Gasteiger partial charge in [-0.15, -0.1) is 0 Å². The highest BCUT2D eigenvalue weighted by Gasteiger charge is 2.41. The van der Waals surface area contributed by atoms with Gasteiger partial charge >= 0.3 is 0 Å². The van der Waals surface area contributed by atoms with Crippen LogP contribution in [-0.4, -0.2) is 46.1 Å². The molecule has 0 radical (unpaired) electrons. The van der Waals surface area contributed by atoms with Gasteiger partial charge in [-0.05, 0) is 6.42 Å². The molecule has 1 saturated carbocycles. The van der Waals surface area contributed by atoms with E-state index < -0.39 is 18.2 Å². The maximum absolute atomic E-state index is 10.7. The summed E-state index contributed by atoms with van der Waals surface area (Å²) in [4.78, 5) is 10.7. The maximum Gasteiger partial charge on any atom is 0.217 e. The van der Waals surface area contributed by atoms with Crippen molar-refractivity contribution in [3.05, 3.63) is 0 Å². The van der Waals surface area contributed by atoms with E-state index in [2.05, 4.69) is 5.32 Å². The molecule has 0 bridgehead atoms. The van der Waals surface area contributed by atoms with Crippen molar-refractivity contribution in [2.75, 3.05) is 6.61 Å². The molecule has 1 aliphatic carbocycles. The van der Waals surface area contributed by atoms with Crippen LogP contribution in [0.2, 0.25) is 0 Å². The van der Waals surface area contributed by atoms with E-state index >= 15 is 0 Å². The van der Waals surface area contributed by atoms with E-state index in [-0.39, 0.29) is 18.4 Å². The Bertz CT molecular complexity index is 197. The summed E-state index contributed by atoms with van der Waals surface area (Å²) in [6.07, 6.45) is -1.50. The third-order valence-electron chi connectivity index (χ3n) is 2.42. The van der Waals surface area contributed by atoms with Crippen LogP contribution in [0.4, 0.5) is 0 Å². The molecule has 0 aromatic heterocycles. The van der Waals surface area contributed by atoms with Crippen molar-refractivity contribution in [1.29, 1.82) is 0 Å². The molecule has 1 aliphatic rings. The molecule has 1 fully saturated rings. The number of aliphatic hydroxyl groups is 3. The Morgan fingerprint density at radius 3 is 2.46 bits per heavy atom. The molecule has 5 heteroatoms. The number of hydrogen-bond donors (Lipinski definition) is 4. The van der Waals surface area contributed by atoms with Crippen molar-refractivity contribution in [2.45, 2.75) is 31.6 Å². The Labute approximate surface area is 76.4 Å². The summed E-state index contributed by atoms with van der Waals surface area (Å²) in [7, 11) is 0. The number of nitrogens with one attached hydrogen (secondary N) is 1. The zero-order chi connectivity index (χ0) is 10.0. The Hall–Kier alpha value is -0.650. The summed E-state index contributed by atoms with van der Waals surface area (Å²) < 4.78 is 0. The normalized spacial score (nSPS) is 39.1. The summed E-state index contributed by atoms with van der Waals surface area (Å²) in [6.45, 7) is 1.18. The van der Waals surface area contributed by atoms with Crippen LogP contribution >= 0.6 is 0 Å². The number of carbonyl (C=O) groups is 1. The number of rotatable bonds is 2. The first kappa shape index (κ1) is 10.4. The molecule has 0 heterocycles. The van der Waals surface area contributed by atoms with E-state index in [9.17, 15) is 15.0 Å². The molecule has 13 heavy (non-hydrogen) atoms. The second-order valence-electron chi connectivity index (χ2n) is 3.47. The van der Waals surface area contributed by atoms with Crippen molar-refractivity contribution >= 4 is 5.91 Å². The predicted octanol–water partition coefficient (Wildman–Crippen LogP) is -1.77. The fourth-order valence-corrected chi connectivity index (χ4v) is 1.71. The Morgan fingerprint density at radius 2 is 2.08 bits per heavy atom. The first-order valence-corrected chi connectivity index (χ1v) is 4.30. The monoisotopic (exact) mass is 189 g/mol. The number of hydrogen-bond acceptors (Lipinski definition) is 4. The SMILES string of the molecule is CC(=O)N[C@H]1C[C@H](CO)[C@@H](O)[C@@H]1O. The minimum atomic E-state index is -0.971. The molecule has 5 nitrogen and oxygen atoms in total. The molecular weight excluding hydrogens is 174 g/mol. The predicted molar refractivity (Wildman–Crippen MR) is 44.8 cm³/mol. The molecule has 0 unspecified atom stereocenters. The summed E-state index contributed by atoms with van der Waals surface area (Å²) in [5.74, 6) is -0.582. The van der Waals surface area contributed by atoms with Crippen LogP contribution in [0.25, 0.3) is 0 Å². The molecule has 0 aliphatic heterocycles.